The first-order valence-electron chi connectivity index (χ1n) is 8.75. The smallest absolute Gasteiger partial charge is 0.115 e. The van der Waals surface area contributed by atoms with Gasteiger partial charge in [0.1, 0.15) is 5.75 Å². The highest BCUT2D eigenvalue weighted by molar-refractivity contribution is 6.30. The van der Waals surface area contributed by atoms with Gasteiger partial charge in [0.15, 0.2) is 0 Å². The van der Waals surface area contributed by atoms with Crippen molar-refractivity contribution in [2.45, 2.75) is 25.2 Å². The fourth-order valence-electron chi connectivity index (χ4n) is 3.33. The molecule has 1 heterocycles. The van der Waals surface area contributed by atoms with Gasteiger partial charge in [-0.3, -0.25) is 0 Å². The molecule has 5 nitrogen and oxygen atoms in total. The van der Waals surface area contributed by atoms with Crippen molar-refractivity contribution in [3.8, 4) is 5.75 Å². The van der Waals surface area contributed by atoms with Crippen molar-refractivity contribution in [1.29, 1.82) is 0 Å². The summed E-state index contributed by atoms with van der Waals surface area (Å²) in [5, 5.41) is 33.2. The number of aliphatic hydroxyl groups excluding tert-OH is 2. The zero-order valence-corrected chi connectivity index (χ0v) is 15.2. The Morgan fingerprint density at radius 2 is 1.96 bits per heavy atom. The Kier molecular flexibility index (Phi) is 6.51. The van der Waals surface area contributed by atoms with Crippen LogP contribution in [-0.4, -0.2) is 35.0 Å². The topological polar surface area (TPSA) is 82.0 Å². The van der Waals surface area contributed by atoms with E-state index in [4.69, 9.17) is 16.3 Å². The van der Waals surface area contributed by atoms with Crippen LogP contribution in [0.1, 0.15) is 35.3 Å². The zero-order valence-electron chi connectivity index (χ0n) is 14.4. The van der Waals surface area contributed by atoms with Gasteiger partial charge in [-0.15, -0.1) is 0 Å². The van der Waals surface area contributed by atoms with Crippen molar-refractivity contribution in [3.63, 3.8) is 0 Å². The number of benzene rings is 2. The van der Waals surface area contributed by atoms with Crippen molar-refractivity contribution in [1.82, 2.24) is 5.32 Å². The molecule has 3 unspecified atom stereocenters. The Bertz CT molecular complexity index is 722. The minimum Gasteiger partial charge on any atom is -0.508 e. The lowest BCUT2D eigenvalue weighted by molar-refractivity contribution is 0.106. The Morgan fingerprint density at radius 3 is 2.69 bits per heavy atom. The highest BCUT2D eigenvalue weighted by Crippen LogP contribution is 2.32. The van der Waals surface area contributed by atoms with Crippen LogP contribution in [-0.2, 0) is 11.3 Å². The molecule has 0 aromatic heterocycles. The number of nitrogens with one attached hydrogen (secondary N) is 1. The van der Waals surface area contributed by atoms with Crippen LogP contribution < -0.4 is 5.32 Å². The van der Waals surface area contributed by atoms with Crippen LogP contribution in [0.3, 0.4) is 0 Å². The molecule has 1 aliphatic rings. The van der Waals surface area contributed by atoms with Crippen molar-refractivity contribution in [3.05, 3.63) is 64.2 Å². The first-order valence-corrected chi connectivity index (χ1v) is 9.13. The summed E-state index contributed by atoms with van der Waals surface area (Å²) in [4.78, 5) is 0. The molecule has 0 amide bonds. The van der Waals surface area contributed by atoms with Gasteiger partial charge in [-0.05, 0) is 53.3 Å². The van der Waals surface area contributed by atoms with Crippen LogP contribution in [0, 0.1) is 5.92 Å². The largest absolute Gasteiger partial charge is 0.508 e. The lowest BCUT2D eigenvalue weighted by Gasteiger charge is -2.17. The number of phenolic OH excluding ortho intramolecular Hbond substituents is 1. The number of ether oxygens (including phenoxy) is 1. The highest BCUT2D eigenvalue weighted by atomic mass is 35.5. The zero-order chi connectivity index (χ0) is 18.5. The maximum Gasteiger partial charge on any atom is 0.115 e. The number of rotatable bonds is 7. The lowest BCUT2D eigenvalue weighted by Crippen LogP contribution is -2.28. The molecule has 3 atom stereocenters. The standard InChI is InChI=1S/C20H24ClNO4/c21-16-3-1-14(2-4-16)20-7-13(12-26-20)9-22-10-19(25)18-6-5-17(24)8-15(18)11-23/h1-6,8,13,19-20,22-25H,7,9-12H2. The number of hydrogen-bond donors (Lipinski definition) is 4. The number of phenols is 1. The van der Waals surface area contributed by atoms with Crippen LogP contribution >= 0.6 is 11.6 Å². The van der Waals surface area contributed by atoms with Crippen molar-refractivity contribution < 1.29 is 20.1 Å². The summed E-state index contributed by atoms with van der Waals surface area (Å²) in [6.07, 6.45) is 0.264. The van der Waals surface area contributed by atoms with E-state index in [1.54, 1.807) is 6.07 Å². The summed E-state index contributed by atoms with van der Waals surface area (Å²) in [5.41, 5.74) is 2.29. The molecule has 0 bridgehead atoms. The second-order valence-electron chi connectivity index (χ2n) is 6.69. The molecular formula is C20H24ClNO4. The number of aromatic hydroxyl groups is 1. The van der Waals surface area contributed by atoms with Gasteiger partial charge in [0.2, 0.25) is 0 Å². The van der Waals surface area contributed by atoms with Crippen LogP contribution in [0.25, 0.3) is 0 Å². The summed E-state index contributed by atoms with van der Waals surface area (Å²) in [6, 6.07) is 12.4. The first-order chi connectivity index (χ1) is 12.6. The summed E-state index contributed by atoms with van der Waals surface area (Å²) < 4.78 is 5.88. The summed E-state index contributed by atoms with van der Waals surface area (Å²) in [5.74, 6) is 0.453. The molecule has 140 valence electrons. The summed E-state index contributed by atoms with van der Waals surface area (Å²) in [6.45, 7) is 1.57. The third-order valence-electron chi connectivity index (χ3n) is 4.75. The molecule has 3 rings (SSSR count). The minimum absolute atomic E-state index is 0.0781. The van der Waals surface area contributed by atoms with E-state index in [1.165, 1.54) is 12.1 Å². The third-order valence-corrected chi connectivity index (χ3v) is 5.00. The molecule has 0 aliphatic carbocycles. The molecule has 26 heavy (non-hydrogen) atoms. The number of hydrogen-bond acceptors (Lipinski definition) is 5. The molecule has 0 radical (unpaired) electrons. The molecule has 2 aromatic rings. The van der Waals surface area contributed by atoms with Gasteiger partial charge in [0.25, 0.3) is 0 Å². The molecule has 1 saturated heterocycles. The molecule has 6 heteroatoms. The Morgan fingerprint density at radius 1 is 1.19 bits per heavy atom. The van der Waals surface area contributed by atoms with Gasteiger partial charge in [-0.2, -0.15) is 0 Å². The van der Waals surface area contributed by atoms with E-state index in [1.807, 2.05) is 24.3 Å². The first kappa shape index (κ1) is 19.1. The third kappa shape index (κ3) is 4.75. The Labute approximate surface area is 158 Å². The average molecular weight is 378 g/mol. The predicted molar refractivity (Wildman–Crippen MR) is 100 cm³/mol. The molecular weight excluding hydrogens is 354 g/mol. The van der Waals surface area contributed by atoms with Gasteiger partial charge in [0, 0.05) is 18.1 Å². The fourth-order valence-corrected chi connectivity index (χ4v) is 3.46. The molecule has 4 N–H and O–H groups in total. The highest BCUT2D eigenvalue weighted by Gasteiger charge is 2.26. The van der Waals surface area contributed by atoms with Crippen LogP contribution in [0.4, 0.5) is 0 Å². The van der Waals surface area contributed by atoms with E-state index in [-0.39, 0.29) is 18.5 Å². The predicted octanol–water partition coefficient (Wildman–Crippen LogP) is 2.94. The van der Waals surface area contributed by atoms with Gasteiger partial charge in [0.05, 0.1) is 25.4 Å². The SMILES string of the molecule is OCc1cc(O)ccc1C(O)CNCC1COC(c2ccc(Cl)cc2)C1. The molecule has 1 fully saturated rings. The molecule has 0 saturated carbocycles. The number of aliphatic hydroxyl groups is 2. The Hall–Kier alpha value is -1.63. The number of halogens is 1. The van der Waals surface area contributed by atoms with E-state index in [9.17, 15) is 15.3 Å². The maximum absolute atomic E-state index is 10.4. The maximum atomic E-state index is 10.4. The van der Waals surface area contributed by atoms with Crippen molar-refractivity contribution >= 4 is 11.6 Å². The van der Waals surface area contributed by atoms with Gasteiger partial charge in [-0.25, -0.2) is 0 Å². The molecule has 2 aromatic carbocycles. The Balaban J connectivity index is 1.47. The monoisotopic (exact) mass is 377 g/mol. The van der Waals surface area contributed by atoms with Crippen molar-refractivity contribution in [2.75, 3.05) is 19.7 Å². The van der Waals surface area contributed by atoms with Crippen LogP contribution in [0.2, 0.25) is 5.02 Å². The van der Waals surface area contributed by atoms with E-state index in [0.29, 0.717) is 30.2 Å². The fraction of sp³-hybridized carbons (Fsp3) is 0.400. The van der Waals surface area contributed by atoms with E-state index >= 15 is 0 Å². The van der Waals surface area contributed by atoms with Crippen molar-refractivity contribution in [2.24, 2.45) is 5.92 Å². The van der Waals surface area contributed by atoms with E-state index < -0.39 is 6.10 Å². The van der Waals surface area contributed by atoms with Gasteiger partial charge < -0.3 is 25.4 Å². The van der Waals surface area contributed by atoms with Crippen LogP contribution in [0.5, 0.6) is 5.75 Å². The summed E-state index contributed by atoms with van der Waals surface area (Å²) in [7, 11) is 0. The molecule has 1 aliphatic heterocycles. The van der Waals surface area contributed by atoms with Gasteiger partial charge >= 0.3 is 0 Å². The molecule has 0 spiro atoms. The van der Waals surface area contributed by atoms with Gasteiger partial charge in [-0.1, -0.05) is 29.8 Å². The van der Waals surface area contributed by atoms with E-state index in [0.717, 1.165) is 23.6 Å². The normalized spacial score (nSPS) is 21.0. The summed E-state index contributed by atoms with van der Waals surface area (Å²) >= 11 is 5.92. The van der Waals surface area contributed by atoms with E-state index in [2.05, 4.69) is 5.32 Å². The average Bonchev–Trinajstić information content (AvgIpc) is 3.11. The quantitative estimate of drug-likeness (QED) is 0.596. The van der Waals surface area contributed by atoms with Crippen LogP contribution in [0.15, 0.2) is 42.5 Å². The second-order valence-corrected chi connectivity index (χ2v) is 7.13. The second kappa shape index (κ2) is 8.84. The lowest BCUT2D eigenvalue weighted by atomic mass is 10.00. The minimum atomic E-state index is -0.743.